The predicted octanol–water partition coefficient (Wildman–Crippen LogP) is 0.714. The van der Waals surface area contributed by atoms with Crippen LogP contribution in [0.4, 0.5) is 0 Å². The van der Waals surface area contributed by atoms with E-state index in [4.69, 9.17) is 5.73 Å². The molecule has 2 fully saturated rings. The monoisotopic (exact) mass is 239 g/mol. The first-order chi connectivity index (χ1) is 8.24. The Kier molecular flexibility index (Phi) is 4.40. The summed E-state index contributed by atoms with van der Waals surface area (Å²) in [7, 11) is 0. The molecule has 0 spiro atoms. The average molecular weight is 239 g/mol. The van der Waals surface area contributed by atoms with Crippen LogP contribution in [-0.2, 0) is 4.79 Å². The highest BCUT2D eigenvalue weighted by Gasteiger charge is 2.40. The van der Waals surface area contributed by atoms with E-state index in [9.17, 15) is 4.79 Å². The van der Waals surface area contributed by atoms with Crippen LogP contribution in [0.3, 0.4) is 0 Å². The van der Waals surface area contributed by atoms with Crippen LogP contribution < -0.4 is 11.1 Å². The largest absolute Gasteiger partial charge is 0.356 e. The normalized spacial score (nSPS) is 29.5. The Balaban J connectivity index is 1.82. The van der Waals surface area contributed by atoms with Crippen molar-refractivity contribution in [2.45, 2.75) is 51.1 Å². The van der Waals surface area contributed by atoms with Gasteiger partial charge in [0.15, 0.2) is 0 Å². The number of hydrogen-bond donors (Lipinski definition) is 2. The van der Waals surface area contributed by atoms with Crippen molar-refractivity contribution in [3.05, 3.63) is 0 Å². The molecule has 2 aliphatic rings. The van der Waals surface area contributed by atoms with E-state index in [1.165, 1.54) is 19.3 Å². The lowest BCUT2D eigenvalue weighted by molar-refractivity contribution is -0.122. The van der Waals surface area contributed by atoms with Crippen LogP contribution in [-0.4, -0.2) is 42.5 Å². The molecule has 0 aromatic carbocycles. The smallest absolute Gasteiger partial charge is 0.221 e. The van der Waals surface area contributed by atoms with Crippen molar-refractivity contribution in [3.63, 3.8) is 0 Å². The first kappa shape index (κ1) is 12.8. The molecule has 3 N–H and O–H groups in total. The number of piperidine rings is 1. The van der Waals surface area contributed by atoms with Gasteiger partial charge in [-0.05, 0) is 31.6 Å². The maximum atomic E-state index is 11.7. The zero-order chi connectivity index (χ0) is 12.3. The fourth-order valence-corrected chi connectivity index (χ4v) is 3.30. The molecular weight excluding hydrogens is 214 g/mol. The van der Waals surface area contributed by atoms with Gasteiger partial charge >= 0.3 is 0 Å². The van der Waals surface area contributed by atoms with Crippen LogP contribution in [0.2, 0.25) is 0 Å². The Labute approximate surface area is 104 Å². The zero-order valence-electron chi connectivity index (χ0n) is 10.8. The van der Waals surface area contributed by atoms with E-state index in [0.29, 0.717) is 19.0 Å². The molecule has 4 nitrogen and oxygen atoms in total. The van der Waals surface area contributed by atoms with E-state index in [2.05, 4.69) is 17.1 Å². The lowest BCUT2D eigenvalue weighted by atomic mass is 10.1. The molecule has 1 aliphatic heterocycles. The maximum Gasteiger partial charge on any atom is 0.221 e. The van der Waals surface area contributed by atoms with Crippen molar-refractivity contribution in [3.8, 4) is 0 Å². The van der Waals surface area contributed by atoms with Gasteiger partial charge in [-0.1, -0.05) is 6.92 Å². The second-order valence-corrected chi connectivity index (χ2v) is 5.47. The van der Waals surface area contributed by atoms with Gasteiger partial charge in [0.2, 0.25) is 5.91 Å². The van der Waals surface area contributed by atoms with Gasteiger partial charge in [-0.25, -0.2) is 0 Å². The highest BCUT2D eigenvalue weighted by molar-refractivity contribution is 5.76. The van der Waals surface area contributed by atoms with Crippen LogP contribution in [0.15, 0.2) is 0 Å². The second-order valence-electron chi connectivity index (χ2n) is 5.47. The number of nitrogens with two attached hydrogens (primary N) is 1. The molecule has 4 heteroatoms. The molecule has 0 radical (unpaired) electrons. The Hall–Kier alpha value is -0.610. The van der Waals surface area contributed by atoms with E-state index in [1.54, 1.807) is 0 Å². The molecular formula is C13H25N3O. The van der Waals surface area contributed by atoms with Crippen molar-refractivity contribution in [2.24, 2.45) is 11.7 Å². The molecule has 98 valence electrons. The molecule has 17 heavy (non-hydrogen) atoms. The third kappa shape index (κ3) is 2.99. The molecule has 1 amide bonds. The lowest BCUT2D eigenvalue weighted by Crippen LogP contribution is -2.47. The highest BCUT2D eigenvalue weighted by Crippen LogP contribution is 2.38. The lowest BCUT2D eigenvalue weighted by Gasteiger charge is -2.34. The molecule has 3 unspecified atom stereocenters. The van der Waals surface area contributed by atoms with Crippen molar-refractivity contribution >= 4 is 5.91 Å². The number of hydrogen-bond acceptors (Lipinski definition) is 3. The summed E-state index contributed by atoms with van der Waals surface area (Å²) < 4.78 is 0. The predicted molar refractivity (Wildman–Crippen MR) is 68.6 cm³/mol. The van der Waals surface area contributed by atoms with E-state index in [0.717, 1.165) is 25.4 Å². The summed E-state index contributed by atoms with van der Waals surface area (Å²) in [6, 6.07) is 0.953. The summed E-state index contributed by atoms with van der Waals surface area (Å²) >= 11 is 0. The number of fused-ring (bicyclic) bond motifs is 2. The van der Waals surface area contributed by atoms with Gasteiger partial charge in [0, 0.05) is 38.1 Å². The van der Waals surface area contributed by atoms with Crippen molar-refractivity contribution in [1.29, 1.82) is 0 Å². The van der Waals surface area contributed by atoms with Crippen LogP contribution >= 0.6 is 0 Å². The molecule has 1 heterocycles. The van der Waals surface area contributed by atoms with Gasteiger partial charge in [-0.2, -0.15) is 0 Å². The minimum Gasteiger partial charge on any atom is -0.356 e. The molecule has 2 rings (SSSR count). The first-order valence-corrected chi connectivity index (χ1v) is 6.97. The van der Waals surface area contributed by atoms with Crippen LogP contribution in [0.25, 0.3) is 0 Å². The number of nitrogens with one attached hydrogen (secondary N) is 1. The quantitative estimate of drug-likeness (QED) is 0.718. The van der Waals surface area contributed by atoms with Gasteiger partial charge in [-0.15, -0.1) is 0 Å². The summed E-state index contributed by atoms with van der Waals surface area (Å²) in [6.07, 6.45) is 5.57. The van der Waals surface area contributed by atoms with Crippen LogP contribution in [0, 0.1) is 5.92 Å². The molecule has 1 saturated carbocycles. The molecule has 1 aliphatic carbocycles. The summed E-state index contributed by atoms with van der Waals surface area (Å²) in [5.41, 5.74) is 5.84. The molecule has 0 aromatic rings. The molecule has 3 atom stereocenters. The molecule has 2 bridgehead atoms. The topological polar surface area (TPSA) is 58.4 Å². The summed E-state index contributed by atoms with van der Waals surface area (Å²) in [6.45, 7) is 4.61. The van der Waals surface area contributed by atoms with Crippen LogP contribution in [0.5, 0.6) is 0 Å². The minimum absolute atomic E-state index is 0.157. The average Bonchev–Trinajstić information content (AvgIpc) is 2.95. The maximum absolute atomic E-state index is 11.7. The van der Waals surface area contributed by atoms with Gasteiger partial charge in [-0.3, -0.25) is 9.69 Å². The standard InChI is InChI=1S/C13H25N3O/c1-2-5-15-13(17)7-12(8-14)16-9-10-3-4-11(16)6-10/h10-12H,2-9,14H2,1H3,(H,15,17). The third-order valence-corrected chi connectivity index (χ3v) is 4.19. The Morgan fingerprint density at radius 1 is 1.53 bits per heavy atom. The molecule has 1 saturated heterocycles. The Morgan fingerprint density at radius 3 is 2.88 bits per heavy atom. The number of carbonyl (C=O) groups is 1. The fourth-order valence-electron chi connectivity index (χ4n) is 3.30. The summed E-state index contributed by atoms with van der Waals surface area (Å²) in [5, 5.41) is 2.94. The third-order valence-electron chi connectivity index (χ3n) is 4.19. The van der Waals surface area contributed by atoms with Gasteiger partial charge in [0.25, 0.3) is 0 Å². The number of nitrogens with zero attached hydrogens (tertiary/aromatic N) is 1. The van der Waals surface area contributed by atoms with E-state index >= 15 is 0 Å². The zero-order valence-corrected chi connectivity index (χ0v) is 10.8. The summed E-state index contributed by atoms with van der Waals surface area (Å²) in [4.78, 5) is 14.2. The van der Waals surface area contributed by atoms with Gasteiger partial charge in [0.05, 0.1) is 0 Å². The SMILES string of the molecule is CCCNC(=O)CC(CN)N1CC2CCC1C2. The van der Waals surface area contributed by atoms with E-state index in [1.807, 2.05) is 0 Å². The number of carbonyl (C=O) groups excluding carboxylic acids is 1. The second kappa shape index (κ2) is 5.83. The number of amides is 1. The minimum atomic E-state index is 0.157. The Morgan fingerprint density at radius 2 is 2.35 bits per heavy atom. The molecule has 0 aromatic heterocycles. The number of rotatable bonds is 6. The van der Waals surface area contributed by atoms with Crippen LogP contribution in [0.1, 0.15) is 39.0 Å². The van der Waals surface area contributed by atoms with Crippen molar-refractivity contribution in [2.75, 3.05) is 19.6 Å². The van der Waals surface area contributed by atoms with E-state index < -0.39 is 0 Å². The van der Waals surface area contributed by atoms with Crippen molar-refractivity contribution < 1.29 is 4.79 Å². The summed E-state index contributed by atoms with van der Waals surface area (Å²) in [5.74, 6) is 1.03. The van der Waals surface area contributed by atoms with E-state index in [-0.39, 0.29) is 11.9 Å². The first-order valence-electron chi connectivity index (χ1n) is 6.97. The number of likely N-dealkylation sites (tertiary alicyclic amines) is 1. The van der Waals surface area contributed by atoms with Gasteiger partial charge < -0.3 is 11.1 Å². The Bertz CT molecular complexity index is 269. The fraction of sp³-hybridized carbons (Fsp3) is 0.923. The van der Waals surface area contributed by atoms with Gasteiger partial charge in [0.1, 0.15) is 0 Å². The van der Waals surface area contributed by atoms with Crippen molar-refractivity contribution in [1.82, 2.24) is 10.2 Å². The highest BCUT2D eigenvalue weighted by atomic mass is 16.1.